The molecule has 0 bridgehead atoms. The molecule has 0 unspecified atom stereocenters. The molecule has 1 fully saturated rings. The molecule has 1 N–H and O–H groups in total. The summed E-state index contributed by atoms with van der Waals surface area (Å²) in [6, 6.07) is 9.77. The van der Waals surface area contributed by atoms with Gasteiger partial charge in [0.2, 0.25) is 17.5 Å². The van der Waals surface area contributed by atoms with Crippen molar-refractivity contribution in [2.75, 3.05) is 6.61 Å². The van der Waals surface area contributed by atoms with Crippen LogP contribution in [0.15, 0.2) is 42.5 Å². The number of hydrogen-bond donors (Lipinski definition) is 1. The van der Waals surface area contributed by atoms with E-state index in [1.165, 1.54) is 24.3 Å². The van der Waals surface area contributed by atoms with E-state index in [0.717, 1.165) is 11.6 Å². The summed E-state index contributed by atoms with van der Waals surface area (Å²) in [6.07, 6.45) is 2.53. The standard InChI is InChI=1S/C27H25F5O3/c1-2-34-22-11-12-23(27(32)26(22)31)35-14-18-8-7-17(13-20(18)28)15-3-5-16(6-4-15)19-9-10-21(33)25(30)24(19)29/h7-13,15-16,33H,2-6,14H2,1H3. The molecule has 0 atom stereocenters. The van der Waals surface area contributed by atoms with E-state index in [2.05, 4.69) is 0 Å². The lowest BCUT2D eigenvalue weighted by Crippen LogP contribution is -2.14. The number of benzene rings is 3. The summed E-state index contributed by atoms with van der Waals surface area (Å²) in [5.41, 5.74) is 1.22. The maximum Gasteiger partial charge on any atom is 0.204 e. The Labute approximate surface area is 200 Å². The maximum absolute atomic E-state index is 14.7. The first-order valence-corrected chi connectivity index (χ1v) is 11.5. The number of phenolic OH excluding ortho intramolecular Hbond substituents is 1. The maximum atomic E-state index is 14.7. The normalized spacial score (nSPS) is 17.9. The molecular weight excluding hydrogens is 467 g/mol. The van der Waals surface area contributed by atoms with Crippen LogP contribution in [0.3, 0.4) is 0 Å². The van der Waals surface area contributed by atoms with Gasteiger partial charge in [0.15, 0.2) is 23.1 Å². The van der Waals surface area contributed by atoms with Gasteiger partial charge in [-0.25, -0.2) is 8.78 Å². The van der Waals surface area contributed by atoms with E-state index >= 15 is 0 Å². The molecule has 186 valence electrons. The van der Waals surface area contributed by atoms with Gasteiger partial charge in [0.25, 0.3) is 0 Å². The van der Waals surface area contributed by atoms with Crippen LogP contribution in [-0.4, -0.2) is 11.7 Å². The average Bonchev–Trinajstić information content (AvgIpc) is 2.86. The van der Waals surface area contributed by atoms with E-state index in [1.54, 1.807) is 19.1 Å². The molecule has 0 saturated heterocycles. The Morgan fingerprint density at radius 1 is 0.743 bits per heavy atom. The van der Waals surface area contributed by atoms with Crippen molar-refractivity contribution in [3.8, 4) is 17.2 Å². The minimum absolute atomic E-state index is 0.0541. The van der Waals surface area contributed by atoms with Crippen molar-refractivity contribution in [2.45, 2.75) is 51.0 Å². The van der Waals surface area contributed by atoms with Crippen molar-refractivity contribution in [1.29, 1.82) is 0 Å². The predicted molar refractivity (Wildman–Crippen MR) is 120 cm³/mol. The van der Waals surface area contributed by atoms with Crippen molar-refractivity contribution in [1.82, 2.24) is 0 Å². The third-order valence-electron chi connectivity index (χ3n) is 6.50. The highest BCUT2D eigenvalue weighted by atomic mass is 19.2. The van der Waals surface area contributed by atoms with Crippen LogP contribution >= 0.6 is 0 Å². The molecule has 0 aliphatic heterocycles. The molecular formula is C27H25F5O3. The number of hydrogen-bond acceptors (Lipinski definition) is 3. The summed E-state index contributed by atoms with van der Waals surface area (Å²) in [6.45, 7) is 1.55. The van der Waals surface area contributed by atoms with E-state index in [9.17, 15) is 27.1 Å². The molecule has 0 aromatic heterocycles. The number of aromatic hydroxyl groups is 1. The molecule has 0 spiro atoms. The summed E-state index contributed by atoms with van der Waals surface area (Å²) in [5, 5.41) is 9.32. The first-order valence-electron chi connectivity index (χ1n) is 11.5. The van der Waals surface area contributed by atoms with E-state index in [4.69, 9.17) is 9.47 Å². The van der Waals surface area contributed by atoms with Crippen molar-refractivity contribution in [3.63, 3.8) is 0 Å². The average molecular weight is 492 g/mol. The van der Waals surface area contributed by atoms with Gasteiger partial charge in [-0.3, -0.25) is 0 Å². The fourth-order valence-electron chi connectivity index (χ4n) is 4.59. The van der Waals surface area contributed by atoms with E-state index < -0.39 is 34.8 Å². The summed E-state index contributed by atoms with van der Waals surface area (Å²) in [5.74, 6) is -6.54. The third kappa shape index (κ3) is 5.21. The fraction of sp³-hybridized carbons (Fsp3) is 0.333. The summed E-state index contributed by atoms with van der Waals surface area (Å²) < 4.78 is 81.2. The summed E-state index contributed by atoms with van der Waals surface area (Å²) in [4.78, 5) is 0. The smallest absolute Gasteiger partial charge is 0.204 e. The van der Waals surface area contributed by atoms with Crippen LogP contribution in [0.1, 0.15) is 61.1 Å². The molecule has 35 heavy (non-hydrogen) atoms. The quantitative estimate of drug-likeness (QED) is 0.347. The lowest BCUT2D eigenvalue weighted by molar-refractivity contribution is 0.270. The van der Waals surface area contributed by atoms with Gasteiger partial charge in [0, 0.05) is 5.56 Å². The molecule has 0 heterocycles. The number of phenols is 1. The van der Waals surface area contributed by atoms with Gasteiger partial charge in [-0.05, 0) is 79.8 Å². The van der Waals surface area contributed by atoms with Crippen molar-refractivity contribution in [3.05, 3.63) is 88.2 Å². The Morgan fingerprint density at radius 2 is 1.37 bits per heavy atom. The van der Waals surface area contributed by atoms with Crippen LogP contribution in [0, 0.1) is 29.1 Å². The van der Waals surface area contributed by atoms with Gasteiger partial charge in [0.05, 0.1) is 6.61 Å². The molecule has 0 amide bonds. The second-order valence-corrected chi connectivity index (χ2v) is 8.61. The zero-order valence-electron chi connectivity index (χ0n) is 19.1. The van der Waals surface area contributed by atoms with Gasteiger partial charge in [-0.1, -0.05) is 18.2 Å². The van der Waals surface area contributed by atoms with Gasteiger partial charge in [-0.15, -0.1) is 0 Å². The first-order chi connectivity index (χ1) is 16.8. The van der Waals surface area contributed by atoms with Crippen molar-refractivity contribution in [2.24, 2.45) is 0 Å². The van der Waals surface area contributed by atoms with Crippen LogP contribution in [0.25, 0.3) is 0 Å². The first kappa shape index (κ1) is 24.8. The Bertz CT molecular complexity index is 1210. The Balaban J connectivity index is 1.39. The van der Waals surface area contributed by atoms with Crippen LogP contribution in [0.4, 0.5) is 22.0 Å². The molecule has 3 aromatic carbocycles. The number of rotatable bonds is 7. The van der Waals surface area contributed by atoms with E-state index in [1.807, 2.05) is 0 Å². The van der Waals surface area contributed by atoms with Gasteiger partial charge in [0.1, 0.15) is 12.4 Å². The monoisotopic (exact) mass is 492 g/mol. The minimum Gasteiger partial charge on any atom is -0.505 e. The van der Waals surface area contributed by atoms with E-state index in [0.29, 0.717) is 25.7 Å². The highest BCUT2D eigenvalue weighted by Gasteiger charge is 2.27. The molecule has 8 heteroatoms. The Morgan fingerprint density at radius 3 is 2.00 bits per heavy atom. The number of ether oxygens (including phenoxy) is 2. The highest BCUT2D eigenvalue weighted by Crippen LogP contribution is 2.42. The van der Waals surface area contributed by atoms with E-state index in [-0.39, 0.29) is 47.7 Å². The fourth-order valence-corrected chi connectivity index (χ4v) is 4.59. The lowest BCUT2D eigenvalue weighted by atomic mass is 9.76. The number of halogens is 5. The van der Waals surface area contributed by atoms with Gasteiger partial charge < -0.3 is 14.6 Å². The zero-order valence-corrected chi connectivity index (χ0v) is 19.1. The minimum atomic E-state index is -1.24. The second-order valence-electron chi connectivity index (χ2n) is 8.61. The second kappa shape index (κ2) is 10.5. The predicted octanol–water partition coefficient (Wildman–Crippen LogP) is 7.51. The Kier molecular flexibility index (Phi) is 7.48. The molecule has 1 aliphatic rings. The third-order valence-corrected chi connectivity index (χ3v) is 6.50. The molecule has 1 saturated carbocycles. The molecule has 3 nitrogen and oxygen atoms in total. The summed E-state index contributed by atoms with van der Waals surface area (Å²) in [7, 11) is 0. The van der Waals surface area contributed by atoms with Gasteiger partial charge >= 0.3 is 0 Å². The lowest BCUT2D eigenvalue weighted by Gasteiger charge is -2.29. The van der Waals surface area contributed by atoms with Crippen LogP contribution in [-0.2, 0) is 6.61 Å². The topological polar surface area (TPSA) is 38.7 Å². The van der Waals surface area contributed by atoms with Crippen LogP contribution in [0.5, 0.6) is 17.2 Å². The largest absolute Gasteiger partial charge is 0.505 e. The van der Waals surface area contributed by atoms with Crippen LogP contribution in [0.2, 0.25) is 0 Å². The van der Waals surface area contributed by atoms with Crippen molar-refractivity contribution >= 4 is 0 Å². The van der Waals surface area contributed by atoms with Crippen molar-refractivity contribution < 1.29 is 36.5 Å². The zero-order chi connectivity index (χ0) is 25.1. The molecule has 1 aliphatic carbocycles. The molecule has 4 rings (SSSR count). The van der Waals surface area contributed by atoms with Gasteiger partial charge in [-0.2, -0.15) is 13.2 Å². The van der Waals surface area contributed by atoms with Crippen LogP contribution < -0.4 is 9.47 Å². The highest BCUT2D eigenvalue weighted by molar-refractivity contribution is 5.36. The summed E-state index contributed by atoms with van der Waals surface area (Å²) >= 11 is 0. The SMILES string of the molecule is CCOc1ccc(OCc2ccc(C3CCC(c4ccc(O)c(F)c4F)CC3)cc2F)c(F)c1F. The Hall–Kier alpha value is -3.29. The molecule has 0 radical (unpaired) electrons. The molecule has 3 aromatic rings.